The molecule has 2 aliphatic rings. The topological polar surface area (TPSA) is 67.9 Å². The second-order valence-corrected chi connectivity index (χ2v) is 6.91. The average molecular weight is 358 g/mol. The van der Waals surface area contributed by atoms with Gasteiger partial charge in [0, 0.05) is 24.6 Å². The number of hydroxylamine groups is 1. The van der Waals surface area contributed by atoms with E-state index in [1.165, 1.54) is 0 Å². The summed E-state index contributed by atoms with van der Waals surface area (Å²) in [5.74, 6) is 2.15. The minimum absolute atomic E-state index is 0.0959. The van der Waals surface area contributed by atoms with Gasteiger partial charge in [-0.05, 0) is 24.8 Å². The molecule has 6 heteroatoms. The van der Waals surface area contributed by atoms with Gasteiger partial charge in [-0.2, -0.15) is 5.48 Å². The summed E-state index contributed by atoms with van der Waals surface area (Å²) in [6.07, 6.45) is 1.94. The Labute approximate surface area is 154 Å². The number of nitrogens with one attached hydrogen (secondary N) is 1. The zero-order valence-corrected chi connectivity index (χ0v) is 15.0. The highest BCUT2D eigenvalue weighted by Gasteiger charge is 2.31. The van der Waals surface area contributed by atoms with E-state index < -0.39 is 0 Å². The van der Waals surface area contributed by atoms with Crippen molar-refractivity contribution in [3.8, 4) is 0 Å². The van der Waals surface area contributed by atoms with Crippen molar-refractivity contribution in [3.63, 3.8) is 0 Å². The molecule has 0 unspecified atom stereocenters. The zero-order chi connectivity index (χ0) is 18.2. The van der Waals surface area contributed by atoms with Crippen LogP contribution in [0.5, 0.6) is 0 Å². The molecule has 2 fully saturated rings. The van der Waals surface area contributed by atoms with Crippen LogP contribution in [0.4, 0.5) is 0 Å². The number of carbonyl (C=O) groups excluding carboxylic acids is 2. The second-order valence-electron chi connectivity index (χ2n) is 6.91. The average Bonchev–Trinajstić information content (AvgIpc) is 2.69. The molecule has 1 aliphatic heterocycles. The van der Waals surface area contributed by atoms with Crippen LogP contribution < -0.4 is 5.48 Å². The first-order chi connectivity index (χ1) is 12.8. The number of rotatable bonds is 7. The Bertz CT molecular complexity index is 636. The molecule has 0 aromatic heterocycles. The summed E-state index contributed by atoms with van der Waals surface area (Å²) in [7, 11) is 0. The first-order valence-electron chi connectivity index (χ1n) is 9.24. The van der Waals surface area contributed by atoms with Crippen LogP contribution in [-0.2, 0) is 25.8 Å². The van der Waals surface area contributed by atoms with Crippen molar-refractivity contribution in [2.75, 3.05) is 32.8 Å². The summed E-state index contributed by atoms with van der Waals surface area (Å²) in [6, 6.07) is 9.68. The summed E-state index contributed by atoms with van der Waals surface area (Å²) < 4.78 is 5.31. The monoisotopic (exact) mass is 358 g/mol. The van der Waals surface area contributed by atoms with Crippen molar-refractivity contribution in [1.29, 1.82) is 0 Å². The summed E-state index contributed by atoms with van der Waals surface area (Å²) in [5, 5.41) is 0. The Hall–Kier alpha value is -1.82. The predicted molar refractivity (Wildman–Crippen MR) is 97.0 cm³/mol. The third-order valence-corrected chi connectivity index (χ3v) is 5.07. The number of nitrogens with zero attached hydrogens (tertiary/aromatic N) is 1. The van der Waals surface area contributed by atoms with Gasteiger partial charge in [0.1, 0.15) is 11.7 Å². The van der Waals surface area contributed by atoms with E-state index in [0.717, 1.165) is 25.1 Å². The van der Waals surface area contributed by atoms with E-state index in [-0.39, 0.29) is 17.7 Å². The van der Waals surface area contributed by atoms with Crippen molar-refractivity contribution in [1.82, 2.24) is 10.4 Å². The van der Waals surface area contributed by atoms with Crippen LogP contribution in [-0.4, -0.2) is 55.5 Å². The molecule has 1 heterocycles. The van der Waals surface area contributed by atoms with E-state index in [2.05, 4.69) is 10.4 Å². The maximum absolute atomic E-state index is 12.6. The summed E-state index contributed by atoms with van der Waals surface area (Å²) in [6.45, 7) is 3.84. The number of benzene rings is 1. The van der Waals surface area contributed by atoms with E-state index in [9.17, 15) is 9.59 Å². The smallest absolute Gasteiger partial charge is 0.150 e. The number of ketones is 1. The van der Waals surface area contributed by atoms with Crippen LogP contribution in [0.3, 0.4) is 0 Å². The normalized spacial score (nSPS) is 24.2. The van der Waals surface area contributed by atoms with Crippen LogP contribution in [0.25, 0.3) is 0 Å². The number of morpholine rings is 1. The van der Waals surface area contributed by atoms with Gasteiger partial charge in [-0.25, -0.2) is 4.79 Å². The third kappa shape index (κ3) is 5.34. The number of hydrogen-bond acceptors (Lipinski definition) is 6. The maximum atomic E-state index is 12.6. The van der Waals surface area contributed by atoms with Gasteiger partial charge in [0.2, 0.25) is 0 Å². The first-order valence-corrected chi connectivity index (χ1v) is 9.24. The molecule has 1 N–H and O–H groups in total. The lowest BCUT2D eigenvalue weighted by Gasteiger charge is -2.31. The lowest BCUT2D eigenvalue weighted by molar-refractivity contribution is -0.125. The van der Waals surface area contributed by atoms with Crippen molar-refractivity contribution >= 4 is 11.7 Å². The molecule has 3 rings (SSSR count). The van der Waals surface area contributed by atoms with Crippen molar-refractivity contribution in [2.24, 2.45) is 5.92 Å². The lowest BCUT2D eigenvalue weighted by atomic mass is 9.80. The van der Waals surface area contributed by atoms with Gasteiger partial charge in [-0.1, -0.05) is 30.3 Å². The Morgan fingerprint density at radius 2 is 2.00 bits per heavy atom. The van der Waals surface area contributed by atoms with E-state index >= 15 is 0 Å². The highest BCUT2D eigenvalue weighted by Crippen LogP contribution is 2.28. The van der Waals surface area contributed by atoms with Gasteiger partial charge >= 0.3 is 0 Å². The molecule has 1 aromatic rings. The van der Waals surface area contributed by atoms with Crippen LogP contribution in [0, 0.1) is 5.92 Å². The van der Waals surface area contributed by atoms with Gasteiger partial charge in [0.15, 0.2) is 0 Å². The number of carbonyl (C=O) groups is 1. The van der Waals surface area contributed by atoms with Crippen molar-refractivity contribution in [3.05, 3.63) is 41.5 Å². The first kappa shape index (κ1) is 19.0. The molecule has 1 saturated heterocycles. The van der Waals surface area contributed by atoms with Gasteiger partial charge in [0.25, 0.3) is 0 Å². The zero-order valence-electron chi connectivity index (χ0n) is 15.0. The van der Waals surface area contributed by atoms with E-state index in [1.54, 1.807) is 0 Å². The molecule has 26 heavy (non-hydrogen) atoms. The quantitative estimate of drug-likeness (QED) is 0.589. The summed E-state index contributed by atoms with van der Waals surface area (Å²) in [4.78, 5) is 31.6. The van der Waals surface area contributed by atoms with E-state index in [4.69, 9.17) is 9.57 Å². The standard InChI is InChI=1S/C20H26N2O4/c23-14-18-12-17(20(24)13-22-8-10-25-11-9-22)6-7-19(18)21-26-15-16-4-2-1-3-5-16/h1-5,17,19,21H,6-13,15H2/t17-,19-/m0/s1. The molecule has 0 radical (unpaired) electrons. The fraction of sp³-hybridized carbons (Fsp3) is 0.550. The molecular weight excluding hydrogens is 332 g/mol. The fourth-order valence-electron chi connectivity index (χ4n) is 3.48. The molecule has 2 atom stereocenters. The largest absolute Gasteiger partial charge is 0.379 e. The van der Waals surface area contributed by atoms with E-state index in [1.807, 2.05) is 36.3 Å². The number of ether oxygens (including phenoxy) is 1. The molecule has 1 aromatic carbocycles. The Morgan fingerprint density at radius 1 is 1.23 bits per heavy atom. The number of Topliss-reactive ketones (excluding diaryl/α,β-unsaturated/α-hetero) is 1. The summed E-state index contributed by atoms with van der Waals surface area (Å²) in [5.41, 5.74) is 4.64. The Kier molecular flexibility index (Phi) is 7.12. The van der Waals surface area contributed by atoms with Gasteiger partial charge in [-0.15, -0.1) is 0 Å². The molecular formula is C20H26N2O4. The van der Waals surface area contributed by atoms with Crippen LogP contribution in [0.1, 0.15) is 24.8 Å². The predicted octanol–water partition coefficient (Wildman–Crippen LogP) is 1.54. The van der Waals surface area contributed by atoms with Gasteiger partial charge < -0.3 is 4.74 Å². The third-order valence-electron chi connectivity index (χ3n) is 5.07. The van der Waals surface area contributed by atoms with Crippen LogP contribution in [0.15, 0.2) is 35.9 Å². The highest BCUT2D eigenvalue weighted by atomic mass is 16.6. The molecule has 6 nitrogen and oxygen atoms in total. The fourth-order valence-corrected chi connectivity index (χ4v) is 3.48. The second kappa shape index (κ2) is 9.76. The summed E-state index contributed by atoms with van der Waals surface area (Å²) >= 11 is 0. The molecule has 0 bridgehead atoms. The Morgan fingerprint density at radius 3 is 2.73 bits per heavy atom. The number of hydrogen-bond donors (Lipinski definition) is 1. The lowest BCUT2D eigenvalue weighted by Crippen LogP contribution is -2.43. The maximum Gasteiger partial charge on any atom is 0.150 e. The van der Waals surface area contributed by atoms with E-state index in [0.29, 0.717) is 44.8 Å². The van der Waals surface area contributed by atoms with Crippen molar-refractivity contribution in [2.45, 2.75) is 31.9 Å². The molecule has 0 amide bonds. The van der Waals surface area contributed by atoms with Crippen LogP contribution >= 0.6 is 0 Å². The molecule has 1 aliphatic carbocycles. The SMILES string of the molecule is O=C=C1C[C@@H](C(=O)CN2CCOCC2)CC[C@@H]1NOCc1ccccc1. The van der Waals surface area contributed by atoms with Gasteiger partial charge in [-0.3, -0.25) is 14.5 Å². The van der Waals surface area contributed by atoms with Crippen LogP contribution in [0.2, 0.25) is 0 Å². The minimum atomic E-state index is -0.163. The molecule has 140 valence electrons. The molecule has 0 spiro atoms. The van der Waals surface area contributed by atoms with Crippen molar-refractivity contribution < 1.29 is 19.2 Å². The highest BCUT2D eigenvalue weighted by molar-refractivity contribution is 5.84. The van der Waals surface area contributed by atoms with Gasteiger partial charge in [0.05, 0.1) is 32.4 Å². The molecule has 1 saturated carbocycles. The Balaban J connectivity index is 1.45. The minimum Gasteiger partial charge on any atom is -0.379 e.